The van der Waals surface area contributed by atoms with Crippen molar-refractivity contribution in [3.8, 4) is 0 Å². The third kappa shape index (κ3) is 21.1. The van der Waals surface area contributed by atoms with E-state index >= 15 is 0 Å². The summed E-state index contributed by atoms with van der Waals surface area (Å²) in [6.07, 6.45) is 13.1. The van der Waals surface area contributed by atoms with Gasteiger partial charge in [-0.05, 0) is 12.8 Å². The van der Waals surface area contributed by atoms with Gasteiger partial charge in [0.25, 0.3) is 0 Å². The second kappa shape index (κ2) is 21.4. The molecule has 0 spiro atoms. The molecule has 0 saturated heterocycles. The fourth-order valence-corrected chi connectivity index (χ4v) is 3.76. The Bertz CT molecular complexity index is 465. The fraction of sp³-hybridized carbons (Fsp3) is 0.955. The van der Waals surface area contributed by atoms with Crippen LogP contribution in [0.25, 0.3) is 0 Å². The average molecular weight is 468 g/mol. The van der Waals surface area contributed by atoms with Crippen molar-refractivity contribution in [2.75, 3.05) is 33.0 Å². The number of hydrogen-bond acceptors (Lipinski definition) is 7. The van der Waals surface area contributed by atoms with Crippen LogP contribution in [0.5, 0.6) is 0 Å². The molecule has 9 heteroatoms. The molecule has 0 aliphatic carbocycles. The minimum atomic E-state index is -4.23. The van der Waals surface area contributed by atoms with Gasteiger partial charge in [-0.25, -0.2) is 4.57 Å². The molecule has 31 heavy (non-hydrogen) atoms. The van der Waals surface area contributed by atoms with Gasteiger partial charge in [-0.1, -0.05) is 78.1 Å². The lowest BCUT2D eigenvalue weighted by Crippen LogP contribution is -2.28. The number of unbranched alkanes of at least 4 members (excludes halogenated alkanes) is 10. The molecule has 0 aliphatic rings. The Labute approximate surface area is 189 Å². The molecule has 0 heterocycles. The van der Waals surface area contributed by atoms with E-state index in [0.717, 1.165) is 38.5 Å². The van der Waals surface area contributed by atoms with E-state index in [-0.39, 0.29) is 32.3 Å². The summed E-state index contributed by atoms with van der Waals surface area (Å²) in [5.41, 5.74) is 5.27. The Kier molecular flexibility index (Phi) is 21.0. The summed E-state index contributed by atoms with van der Waals surface area (Å²) in [7, 11) is -4.23. The van der Waals surface area contributed by atoms with Crippen LogP contribution in [0.3, 0.4) is 0 Å². The summed E-state index contributed by atoms with van der Waals surface area (Å²) < 4.78 is 32.5. The predicted molar refractivity (Wildman–Crippen MR) is 123 cm³/mol. The summed E-state index contributed by atoms with van der Waals surface area (Å²) in [5.74, 6) is -0.351. The van der Waals surface area contributed by atoms with Crippen molar-refractivity contribution in [1.29, 1.82) is 0 Å². The van der Waals surface area contributed by atoms with E-state index in [2.05, 4.69) is 13.8 Å². The number of phosphoric ester groups is 1. The number of esters is 1. The lowest BCUT2D eigenvalue weighted by Gasteiger charge is -2.20. The number of nitrogens with two attached hydrogens (primary N) is 1. The Morgan fingerprint density at radius 2 is 1.42 bits per heavy atom. The van der Waals surface area contributed by atoms with Gasteiger partial charge in [0, 0.05) is 19.6 Å². The van der Waals surface area contributed by atoms with Crippen molar-refractivity contribution in [2.24, 2.45) is 5.73 Å². The third-order valence-corrected chi connectivity index (χ3v) is 5.76. The molecule has 2 unspecified atom stereocenters. The van der Waals surface area contributed by atoms with Crippen molar-refractivity contribution in [3.05, 3.63) is 0 Å². The van der Waals surface area contributed by atoms with Crippen LogP contribution in [0.2, 0.25) is 0 Å². The molecule has 0 fully saturated rings. The van der Waals surface area contributed by atoms with Gasteiger partial charge in [-0.2, -0.15) is 0 Å². The lowest BCUT2D eigenvalue weighted by atomic mass is 10.1. The first-order valence-corrected chi connectivity index (χ1v) is 13.5. The van der Waals surface area contributed by atoms with E-state index in [0.29, 0.717) is 13.0 Å². The summed E-state index contributed by atoms with van der Waals surface area (Å²) in [6, 6.07) is 0. The average Bonchev–Trinajstić information content (AvgIpc) is 2.75. The highest BCUT2D eigenvalue weighted by Crippen LogP contribution is 2.43. The highest BCUT2D eigenvalue weighted by molar-refractivity contribution is 7.47. The maximum Gasteiger partial charge on any atom is 0.472 e. The summed E-state index contributed by atoms with van der Waals surface area (Å²) in [5, 5.41) is 0. The SMILES string of the molecule is CCCCCCCCCCOCC(COP(=O)(O)OCCN)OC(=O)CCCCCC. The molecule has 0 aromatic heterocycles. The first kappa shape index (κ1) is 30.5. The normalized spacial score (nSPS) is 14.3. The van der Waals surface area contributed by atoms with Gasteiger partial charge in [0.2, 0.25) is 0 Å². The van der Waals surface area contributed by atoms with Gasteiger partial charge < -0.3 is 20.1 Å². The largest absolute Gasteiger partial charge is 0.472 e. The van der Waals surface area contributed by atoms with Crippen molar-refractivity contribution in [3.63, 3.8) is 0 Å². The maximum atomic E-state index is 12.1. The molecule has 0 aromatic carbocycles. The van der Waals surface area contributed by atoms with Gasteiger partial charge in [-0.3, -0.25) is 13.8 Å². The highest BCUT2D eigenvalue weighted by atomic mass is 31.2. The van der Waals surface area contributed by atoms with Crippen LogP contribution in [0.4, 0.5) is 0 Å². The van der Waals surface area contributed by atoms with Gasteiger partial charge in [0.05, 0.1) is 19.8 Å². The van der Waals surface area contributed by atoms with Crippen molar-refractivity contribution >= 4 is 13.8 Å². The van der Waals surface area contributed by atoms with Gasteiger partial charge in [0.15, 0.2) is 0 Å². The molecule has 0 rings (SSSR count). The second-order valence-electron chi connectivity index (χ2n) is 7.86. The number of hydrogen-bond donors (Lipinski definition) is 2. The molecule has 8 nitrogen and oxygen atoms in total. The second-order valence-corrected chi connectivity index (χ2v) is 9.31. The molecular formula is C22H46NO7P. The maximum absolute atomic E-state index is 12.1. The molecule has 186 valence electrons. The number of carbonyl (C=O) groups excluding carboxylic acids is 1. The zero-order chi connectivity index (χ0) is 23.2. The van der Waals surface area contributed by atoms with Crippen LogP contribution in [-0.4, -0.2) is 49.9 Å². The predicted octanol–water partition coefficient (Wildman–Crippen LogP) is 5.12. The third-order valence-electron chi connectivity index (χ3n) is 4.77. The monoisotopic (exact) mass is 467 g/mol. The Balaban J connectivity index is 4.22. The number of ether oxygens (including phenoxy) is 2. The van der Waals surface area contributed by atoms with Crippen LogP contribution in [-0.2, 0) is 27.9 Å². The number of carbonyl (C=O) groups is 1. The lowest BCUT2D eigenvalue weighted by molar-refractivity contribution is -0.154. The van der Waals surface area contributed by atoms with Crippen LogP contribution < -0.4 is 5.73 Å². The molecule has 0 saturated carbocycles. The van der Waals surface area contributed by atoms with Gasteiger partial charge >= 0.3 is 13.8 Å². The molecule has 2 atom stereocenters. The molecule has 0 aromatic rings. The van der Waals surface area contributed by atoms with Crippen molar-refractivity contribution < 1.29 is 32.8 Å². The quantitative estimate of drug-likeness (QED) is 0.121. The van der Waals surface area contributed by atoms with Crippen molar-refractivity contribution in [2.45, 2.75) is 103 Å². The summed E-state index contributed by atoms with van der Waals surface area (Å²) >= 11 is 0. The minimum Gasteiger partial charge on any atom is -0.457 e. The molecule has 0 bridgehead atoms. The van der Waals surface area contributed by atoms with Crippen LogP contribution in [0.1, 0.15) is 97.3 Å². The smallest absolute Gasteiger partial charge is 0.457 e. The van der Waals surface area contributed by atoms with Crippen LogP contribution in [0.15, 0.2) is 0 Å². The molecule has 0 amide bonds. The van der Waals surface area contributed by atoms with E-state index in [1.165, 1.54) is 38.5 Å². The Morgan fingerprint density at radius 1 is 0.839 bits per heavy atom. The van der Waals surface area contributed by atoms with Crippen LogP contribution in [0, 0.1) is 0 Å². The highest BCUT2D eigenvalue weighted by Gasteiger charge is 2.25. The fourth-order valence-electron chi connectivity index (χ4n) is 2.99. The Hall–Kier alpha value is -0.500. The first-order chi connectivity index (χ1) is 14.9. The first-order valence-electron chi connectivity index (χ1n) is 12.0. The summed E-state index contributed by atoms with van der Waals surface area (Å²) in [4.78, 5) is 21.7. The van der Waals surface area contributed by atoms with Gasteiger partial charge in [-0.15, -0.1) is 0 Å². The van der Waals surface area contributed by atoms with Gasteiger partial charge in [0.1, 0.15) is 6.10 Å². The Morgan fingerprint density at radius 3 is 2.03 bits per heavy atom. The topological polar surface area (TPSA) is 117 Å². The molecular weight excluding hydrogens is 421 g/mol. The molecule has 0 radical (unpaired) electrons. The van der Waals surface area contributed by atoms with E-state index in [9.17, 15) is 14.3 Å². The zero-order valence-corrected chi connectivity index (χ0v) is 20.6. The molecule has 0 aliphatic heterocycles. The standard InChI is InChI=1S/C22H46NO7P/c1-3-5-7-9-10-11-12-14-17-27-19-21(20-29-31(25,26)28-18-16-23)30-22(24)15-13-8-6-4-2/h21H,3-20,23H2,1-2H3,(H,25,26). The van der Waals surface area contributed by atoms with Crippen LogP contribution >= 0.6 is 7.82 Å². The van der Waals surface area contributed by atoms with Crippen molar-refractivity contribution in [1.82, 2.24) is 0 Å². The minimum absolute atomic E-state index is 0.0927. The summed E-state index contributed by atoms with van der Waals surface area (Å²) in [6.45, 7) is 4.74. The van der Waals surface area contributed by atoms with E-state index in [1.807, 2.05) is 0 Å². The number of phosphoric acid groups is 1. The van der Waals surface area contributed by atoms with E-state index in [4.69, 9.17) is 24.3 Å². The van der Waals surface area contributed by atoms with E-state index in [1.54, 1.807) is 0 Å². The number of rotatable bonds is 23. The van der Waals surface area contributed by atoms with E-state index < -0.39 is 13.9 Å². The molecule has 3 N–H and O–H groups in total. The zero-order valence-electron chi connectivity index (χ0n) is 19.7.